The maximum Gasteiger partial charge on any atom is 0.0623 e. The van der Waals surface area contributed by atoms with Crippen LogP contribution in [0.4, 0.5) is 17.1 Å². The first-order valence-electron chi connectivity index (χ1n) is 15.5. The number of allylic oxidation sites excluding steroid dienone is 6. The molecule has 2 heteroatoms. The summed E-state index contributed by atoms with van der Waals surface area (Å²) in [6.45, 7) is 9.22. The fraction of sp³-hybridized carbons (Fsp3) is 0.282. The monoisotopic (exact) mass is 538 g/mol. The average Bonchev–Trinajstić information content (AvgIpc) is 3.48. The van der Waals surface area contributed by atoms with Crippen molar-refractivity contribution in [3.8, 4) is 0 Å². The Morgan fingerprint density at radius 1 is 0.805 bits per heavy atom. The van der Waals surface area contributed by atoms with Crippen LogP contribution < -0.4 is 9.80 Å². The minimum Gasteiger partial charge on any atom is -0.337 e. The van der Waals surface area contributed by atoms with Gasteiger partial charge < -0.3 is 9.80 Å². The van der Waals surface area contributed by atoms with Crippen molar-refractivity contribution in [2.75, 3.05) is 9.80 Å². The number of hydrogen-bond donors (Lipinski definition) is 0. The molecule has 2 heterocycles. The molecule has 0 radical (unpaired) electrons. The zero-order valence-electron chi connectivity index (χ0n) is 24.9. The van der Waals surface area contributed by atoms with Gasteiger partial charge in [-0.15, -0.1) is 0 Å². The second-order valence-electron chi connectivity index (χ2n) is 11.3. The molecule has 0 amide bonds. The molecule has 3 aromatic rings. The van der Waals surface area contributed by atoms with Crippen LogP contribution in [0.3, 0.4) is 0 Å². The van der Waals surface area contributed by atoms with E-state index in [-0.39, 0.29) is 6.04 Å². The molecule has 6 rings (SSSR count). The van der Waals surface area contributed by atoms with Crippen molar-refractivity contribution in [2.45, 2.75) is 65.5 Å². The Morgan fingerprint density at radius 2 is 1.46 bits per heavy atom. The largest absolute Gasteiger partial charge is 0.337 e. The van der Waals surface area contributed by atoms with Crippen LogP contribution >= 0.6 is 0 Å². The molecular weight excluding hydrogens is 496 g/mol. The highest BCUT2D eigenvalue weighted by molar-refractivity contribution is 5.93. The molecule has 0 aromatic heterocycles. The standard InChI is InChI=1S/C39H42N2/c1-5-16-29(26-35-28(4)40(31-18-10-8-11-19-31)38-23-15-14-22-34(35)38)30-24-25-39-36(27-30)33(17-6-2)37(7-3)41(39)32-20-12-9-13-21-32/h8-16,18-28,36,39H,5-7,17H2,1-4H3/b29-16+,35-26+. The molecule has 3 unspecified atom stereocenters. The third-order valence-electron chi connectivity index (χ3n) is 8.87. The van der Waals surface area contributed by atoms with Crippen molar-refractivity contribution in [3.63, 3.8) is 0 Å². The van der Waals surface area contributed by atoms with Crippen LogP contribution in [0, 0.1) is 5.92 Å². The summed E-state index contributed by atoms with van der Waals surface area (Å²) in [6, 6.07) is 31.2. The lowest BCUT2D eigenvalue weighted by Crippen LogP contribution is -2.33. The summed E-state index contributed by atoms with van der Waals surface area (Å²) in [5, 5.41) is 0. The van der Waals surface area contributed by atoms with Gasteiger partial charge in [-0.1, -0.05) is 106 Å². The smallest absolute Gasteiger partial charge is 0.0623 e. The highest BCUT2D eigenvalue weighted by atomic mass is 15.2. The maximum atomic E-state index is 2.61. The van der Waals surface area contributed by atoms with Gasteiger partial charge in [-0.3, -0.25) is 0 Å². The fourth-order valence-electron chi connectivity index (χ4n) is 7.13. The molecule has 0 bridgehead atoms. The van der Waals surface area contributed by atoms with Gasteiger partial charge in [-0.25, -0.2) is 0 Å². The Morgan fingerprint density at radius 3 is 2.12 bits per heavy atom. The highest BCUT2D eigenvalue weighted by Crippen LogP contribution is 2.47. The number of benzene rings is 3. The Balaban J connectivity index is 1.41. The number of nitrogens with zero attached hydrogens (tertiary/aromatic N) is 2. The van der Waals surface area contributed by atoms with Gasteiger partial charge in [-0.05, 0) is 84.9 Å². The Kier molecular flexibility index (Phi) is 7.83. The summed E-state index contributed by atoms with van der Waals surface area (Å²) in [7, 11) is 0. The van der Waals surface area contributed by atoms with Gasteiger partial charge >= 0.3 is 0 Å². The average molecular weight is 539 g/mol. The highest BCUT2D eigenvalue weighted by Gasteiger charge is 2.39. The predicted molar refractivity (Wildman–Crippen MR) is 176 cm³/mol. The quantitative estimate of drug-likeness (QED) is 0.281. The van der Waals surface area contributed by atoms with Crippen LogP contribution in [0.15, 0.2) is 138 Å². The Labute approximate surface area is 246 Å². The Hall–Kier alpha value is -4.04. The number of para-hydroxylation sites is 3. The Bertz CT molecular complexity index is 1540. The predicted octanol–water partition coefficient (Wildman–Crippen LogP) is 10.4. The summed E-state index contributed by atoms with van der Waals surface area (Å²) in [5.41, 5.74) is 12.4. The van der Waals surface area contributed by atoms with E-state index in [2.05, 4.69) is 153 Å². The van der Waals surface area contributed by atoms with Gasteiger partial charge in [0.2, 0.25) is 0 Å². The lowest BCUT2D eigenvalue weighted by Gasteiger charge is -2.32. The summed E-state index contributed by atoms with van der Waals surface area (Å²) in [4.78, 5) is 5.09. The van der Waals surface area contributed by atoms with Crippen molar-refractivity contribution in [2.24, 2.45) is 5.92 Å². The molecule has 0 saturated carbocycles. The van der Waals surface area contributed by atoms with Gasteiger partial charge in [-0.2, -0.15) is 0 Å². The molecule has 0 N–H and O–H groups in total. The lowest BCUT2D eigenvalue weighted by atomic mass is 9.83. The second-order valence-corrected chi connectivity index (χ2v) is 11.3. The van der Waals surface area contributed by atoms with Crippen LogP contribution in [0.5, 0.6) is 0 Å². The van der Waals surface area contributed by atoms with E-state index in [0.717, 1.165) is 19.3 Å². The summed E-state index contributed by atoms with van der Waals surface area (Å²) >= 11 is 0. The second kappa shape index (κ2) is 11.8. The molecular formula is C39H42N2. The van der Waals surface area contributed by atoms with E-state index < -0.39 is 0 Å². The first-order chi connectivity index (χ1) is 20.2. The zero-order chi connectivity index (χ0) is 28.3. The van der Waals surface area contributed by atoms with Gasteiger partial charge in [0.1, 0.15) is 0 Å². The molecule has 3 atom stereocenters. The topological polar surface area (TPSA) is 6.48 Å². The van der Waals surface area contributed by atoms with Crippen molar-refractivity contribution < 1.29 is 0 Å². The first kappa shape index (κ1) is 27.1. The summed E-state index contributed by atoms with van der Waals surface area (Å²) in [6.07, 6.45) is 16.7. The van der Waals surface area contributed by atoms with E-state index in [4.69, 9.17) is 0 Å². The van der Waals surface area contributed by atoms with Crippen LogP contribution in [0.1, 0.15) is 58.9 Å². The van der Waals surface area contributed by atoms with E-state index in [1.807, 2.05) is 0 Å². The van der Waals surface area contributed by atoms with Crippen molar-refractivity contribution >= 4 is 22.6 Å². The van der Waals surface area contributed by atoms with E-state index >= 15 is 0 Å². The van der Waals surface area contributed by atoms with Gasteiger partial charge in [0.15, 0.2) is 0 Å². The third-order valence-corrected chi connectivity index (χ3v) is 8.87. The molecule has 2 aliphatic heterocycles. The van der Waals surface area contributed by atoms with Crippen molar-refractivity contribution in [1.82, 2.24) is 0 Å². The summed E-state index contributed by atoms with van der Waals surface area (Å²) in [5.74, 6) is 0.401. The van der Waals surface area contributed by atoms with Crippen LogP contribution in [0.25, 0.3) is 5.57 Å². The van der Waals surface area contributed by atoms with Crippen molar-refractivity contribution in [3.05, 3.63) is 143 Å². The van der Waals surface area contributed by atoms with Gasteiger partial charge in [0.25, 0.3) is 0 Å². The van der Waals surface area contributed by atoms with Crippen LogP contribution in [-0.2, 0) is 0 Å². The summed E-state index contributed by atoms with van der Waals surface area (Å²) < 4.78 is 0. The van der Waals surface area contributed by atoms with Crippen LogP contribution in [-0.4, -0.2) is 12.1 Å². The number of fused-ring (bicyclic) bond motifs is 2. The van der Waals surface area contributed by atoms with E-state index in [9.17, 15) is 0 Å². The molecule has 0 saturated heterocycles. The third kappa shape index (κ3) is 4.90. The van der Waals surface area contributed by atoms with Crippen LogP contribution in [0.2, 0.25) is 0 Å². The SMILES string of the molecule is CC/C=C(\C=C1\c2ccccc2N(c2ccccc2)C1C)C1=CC2C(CCC)=C(CC)N(c3ccccc3)C2C=C1. The number of rotatable bonds is 8. The van der Waals surface area contributed by atoms with Crippen molar-refractivity contribution in [1.29, 1.82) is 0 Å². The molecule has 208 valence electrons. The van der Waals surface area contributed by atoms with E-state index in [1.165, 1.54) is 51.5 Å². The van der Waals surface area contributed by atoms with E-state index in [1.54, 1.807) is 5.57 Å². The maximum absolute atomic E-state index is 2.61. The number of hydrogen-bond acceptors (Lipinski definition) is 2. The van der Waals surface area contributed by atoms with E-state index in [0.29, 0.717) is 12.0 Å². The molecule has 3 aliphatic rings. The number of anilines is 3. The molecule has 3 aromatic carbocycles. The fourth-order valence-corrected chi connectivity index (χ4v) is 7.13. The molecule has 0 spiro atoms. The lowest BCUT2D eigenvalue weighted by molar-refractivity contribution is 0.647. The van der Waals surface area contributed by atoms with Gasteiger partial charge in [0.05, 0.1) is 12.1 Å². The normalized spacial score (nSPS) is 22.8. The first-order valence-corrected chi connectivity index (χ1v) is 15.5. The molecule has 41 heavy (non-hydrogen) atoms. The van der Waals surface area contributed by atoms with Gasteiger partial charge in [0, 0.05) is 34.2 Å². The molecule has 2 nitrogen and oxygen atoms in total. The molecule has 1 aliphatic carbocycles. The minimum atomic E-state index is 0.248. The zero-order valence-corrected chi connectivity index (χ0v) is 24.9. The molecule has 0 fully saturated rings. The minimum absolute atomic E-state index is 0.248.